The first-order valence-corrected chi connectivity index (χ1v) is 12.5. The molecule has 0 aliphatic carbocycles. The van der Waals surface area contributed by atoms with E-state index in [4.69, 9.17) is 42.8 Å². The molecule has 0 aromatic carbocycles. The number of carbonyl (C=O) groups excluding carboxylic acids is 3. The summed E-state index contributed by atoms with van der Waals surface area (Å²) in [6.45, 7) is 1.21. The number of aliphatic imine (C=N–C) groups is 6. The minimum absolute atomic E-state index is 0. The first kappa shape index (κ1) is 106. The van der Waals surface area contributed by atoms with Crippen LogP contribution in [0.2, 0.25) is 0 Å². The Hall–Kier alpha value is -2.22. The molecule has 0 spiro atoms. The van der Waals surface area contributed by atoms with E-state index < -0.39 is 17.9 Å². The number of aliphatic carboxylic acids is 3. The summed E-state index contributed by atoms with van der Waals surface area (Å²) in [5.41, 5.74) is 0. The number of hydrogen-bond donors (Lipinski definition) is 3. The van der Waals surface area contributed by atoms with Gasteiger partial charge in [-0.25, -0.2) is 30.0 Å². The average molecular weight is 1100 g/mol. The number of esters is 3. The van der Waals surface area contributed by atoms with Gasteiger partial charge in [0.2, 0.25) is 0 Å². The first-order valence-electron chi connectivity index (χ1n) is 12.5. The van der Waals surface area contributed by atoms with Gasteiger partial charge in [-0.05, 0) is 0 Å². The second kappa shape index (κ2) is 100. The number of methoxy groups -OCH3 is 3. The maximum Gasteiger partial charge on any atom is 0.307 e. The standard InChI is InChI=1S/C9H14N2O4.C8H12N2O4.C7H10N2O4.6CH4.3F2.FH.3Y/c1-14-8(12)3-5-10-7-11-6-4-9(13)15-2;1-14-8(13)3-5-10-6-9-4-2-7(11)12;10-6(11)1-3-8-5-9-4-2-7(12)13;;;;;;;3*1-2;;;;/h3-6H2,1-2H3;2-5H2,1H3,(H,11,12);1-4H2,(H,10,11)(H,12,13);6*1H4;;;;1H;;;. The Bertz CT molecular complexity index is 1030. The molecule has 0 aromatic rings. The summed E-state index contributed by atoms with van der Waals surface area (Å²) in [4.78, 5) is 83.5. The van der Waals surface area contributed by atoms with E-state index in [0.717, 1.165) is 0 Å². The summed E-state index contributed by atoms with van der Waals surface area (Å²) in [7, 11) is 3.93. The van der Waals surface area contributed by atoms with Crippen LogP contribution in [-0.4, -0.2) is 130 Å². The number of carbonyl (C=O) groups is 6. The van der Waals surface area contributed by atoms with Gasteiger partial charge < -0.3 is 29.5 Å². The van der Waals surface area contributed by atoms with Gasteiger partial charge >= 0.3 is 35.8 Å². The van der Waals surface area contributed by atoms with Crippen molar-refractivity contribution in [2.24, 2.45) is 30.0 Å². The maximum absolute atomic E-state index is 10.6. The van der Waals surface area contributed by atoms with Crippen molar-refractivity contribution in [2.45, 2.75) is 83.1 Å². The van der Waals surface area contributed by atoms with Crippen LogP contribution in [0.3, 0.4) is 0 Å². The molecule has 0 aliphatic rings. The average Bonchev–Trinajstić information content (AvgIpc) is 3.09. The first-order chi connectivity index (χ1) is 23.0. The molecule has 0 saturated heterocycles. The Morgan fingerprint density at radius 2 is 0.534 bits per heavy atom. The molecular formula is C30H61F7N6O12Y3. The summed E-state index contributed by atoms with van der Waals surface area (Å²) in [6.07, 6.45) is 0.409. The van der Waals surface area contributed by atoms with Crippen LogP contribution in [0.1, 0.15) is 83.1 Å². The number of rotatable bonds is 18. The third-order valence-electron chi connectivity index (χ3n) is 3.70. The molecule has 3 N–H and O–H groups in total. The monoisotopic (exact) mass is 1100 g/mol. The van der Waals surface area contributed by atoms with Gasteiger partial charge in [-0.1, -0.05) is 44.6 Å². The van der Waals surface area contributed by atoms with Crippen molar-refractivity contribution in [1.82, 2.24) is 0 Å². The summed E-state index contributed by atoms with van der Waals surface area (Å²) >= 11 is 0. The van der Waals surface area contributed by atoms with Crippen LogP contribution in [0.15, 0.2) is 30.0 Å². The van der Waals surface area contributed by atoms with Crippen LogP contribution in [0.5, 0.6) is 0 Å². The third kappa shape index (κ3) is 131. The molecular weight excluding hydrogens is 1040 g/mol. The van der Waals surface area contributed by atoms with E-state index in [2.05, 4.69) is 62.2 Å². The van der Waals surface area contributed by atoms with Crippen molar-refractivity contribution in [3.05, 3.63) is 0 Å². The molecule has 0 aromatic heterocycles. The van der Waals surface area contributed by atoms with Gasteiger partial charge in [0, 0.05) is 126 Å². The molecule has 341 valence electrons. The fourth-order valence-electron chi connectivity index (χ4n) is 1.65. The molecule has 0 rings (SSSR count). The predicted octanol–water partition coefficient (Wildman–Crippen LogP) is 7.08. The van der Waals surface area contributed by atoms with Crippen LogP contribution >= 0.6 is 0 Å². The van der Waals surface area contributed by atoms with Crippen LogP contribution < -0.4 is 0 Å². The van der Waals surface area contributed by atoms with Gasteiger partial charge in [0.05, 0.1) is 117 Å². The zero-order valence-corrected chi connectivity index (χ0v) is 36.6. The van der Waals surface area contributed by atoms with E-state index in [9.17, 15) is 28.8 Å². The van der Waals surface area contributed by atoms with Crippen LogP contribution in [0.25, 0.3) is 0 Å². The summed E-state index contributed by atoms with van der Waals surface area (Å²) in [5, 5.41) is 24.6. The topological polar surface area (TPSA) is 265 Å². The smallest absolute Gasteiger partial charge is 0.307 e. The van der Waals surface area contributed by atoms with Gasteiger partial charge in [-0.2, -0.15) is 0 Å². The van der Waals surface area contributed by atoms with Crippen molar-refractivity contribution in [3.63, 3.8) is 0 Å². The molecule has 0 heterocycles. The molecule has 0 bridgehead atoms. The van der Waals surface area contributed by atoms with Gasteiger partial charge in [0.1, 0.15) is 0 Å². The minimum atomic E-state index is -0.934. The Labute approximate surface area is 412 Å². The summed E-state index contributed by atoms with van der Waals surface area (Å²) in [5.74, 6) is -3.77. The van der Waals surface area contributed by atoms with E-state index in [1.54, 1.807) is 0 Å². The quantitative estimate of drug-likeness (QED) is 0.0538. The van der Waals surface area contributed by atoms with Crippen molar-refractivity contribution in [3.8, 4) is 0 Å². The van der Waals surface area contributed by atoms with Gasteiger partial charge in [0.15, 0.2) is 0 Å². The normalized spacial score (nSPS) is 6.57. The maximum atomic E-state index is 10.6. The predicted molar refractivity (Wildman–Crippen MR) is 195 cm³/mol. The Balaban J connectivity index is -0.0000000282. The molecule has 28 heteroatoms. The zero-order chi connectivity index (χ0) is 38.4. The fraction of sp³-hybridized carbons (Fsp3) is 0.700. The number of halogens is 7. The molecule has 0 unspecified atom stereocenters. The summed E-state index contributed by atoms with van der Waals surface area (Å²) < 4.78 is 61.2. The van der Waals surface area contributed by atoms with E-state index in [-0.39, 0.29) is 243 Å². The van der Waals surface area contributed by atoms with Crippen molar-refractivity contribution < 1.29 is 189 Å². The molecule has 18 nitrogen and oxygen atoms in total. The third-order valence-corrected chi connectivity index (χ3v) is 3.70. The molecule has 0 saturated carbocycles. The second-order valence-corrected chi connectivity index (χ2v) is 7.00. The van der Waals surface area contributed by atoms with Crippen LogP contribution in [0, 0.1) is 0 Å². The molecule has 3 radical (unpaired) electrons. The molecule has 0 amide bonds. The molecule has 58 heavy (non-hydrogen) atoms. The van der Waals surface area contributed by atoms with Crippen LogP contribution in [0.4, 0.5) is 32.1 Å². The van der Waals surface area contributed by atoms with E-state index in [1.807, 2.05) is 0 Å². The number of hydrogen-bond acceptors (Lipinski definition) is 15. The zero-order valence-electron chi connectivity index (χ0n) is 28.1. The van der Waals surface area contributed by atoms with Crippen LogP contribution in [-0.2, 0) is 141 Å². The van der Waals surface area contributed by atoms with Gasteiger partial charge in [0.25, 0.3) is 0 Å². The van der Waals surface area contributed by atoms with E-state index in [1.165, 1.54) is 21.3 Å². The van der Waals surface area contributed by atoms with Crippen molar-refractivity contribution in [1.29, 1.82) is 0 Å². The van der Waals surface area contributed by atoms with E-state index >= 15 is 0 Å². The van der Waals surface area contributed by atoms with Gasteiger partial charge in [-0.15, -0.1) is 0 Å². The Morgan fingerprint density at radius 3 is 0.655 bits per heavy atom. The van der Waals surface area contributed by atoms with E-state index in [0.29, 0.717) is 0 Å². The Kier molecular flexibility index (Phi) is 183. The molecule has 0 fully saturated rings. The minimum Gasteiger partial charge on any atom is -0.481 e. The number of nitrogens with zero attached hydrogens (tertiary/aromatic N) is 6. The van der Waals surface area contributed by atoms with Crippen molar-refractivity contribution in [2.75, 3.05) is 60.6 Å². The largest absolute Gasteiger partial charge is 0.481 e. The number of carboxylic acid groups (broad SMARTS) is 3. The van der Waals surface area contributed by atoms with Crippen molar-refractivity contribution >= 4 is 53.8 Å². The second-order valence-electron chi connectivity index (χ2n) is 7.00. The Morgan fingerprint density at radius 1 is 0.397 bits per heavy atom. The SMILES string of the molecule is C.C.C.C.C.C.COC(=O)CCN=C=NCCC(=O)O.COC(=O)CCN=C=NCCC(=O)OC.F.FF.FF.FF.O=C(O)CCN=C=NCCC(=O)O.[Y].[Y].[Y]. The molecule has 0 atom stereocenters. The fourth-order valence-corrected chi connectivity index (χ4v) is 1.65. The number of ether oxygens (including phenoxy) is 3. The van der Waals surface area contributed by atoms with Gasteiger partial charge in [-0.3, -0.25) is 33.5 Å². The number of carboxylic acids is 3. The summed E-state index contributed by atoms with van der Waals surface area (Å²) in [6, 6.07) is 6.90. The molecule has 0 aliphatic heterocycles.